The molecular weight excluding hydrogens is 1340 g/mol. The number of rotatable bonds is 81. The third-order valence-corrected chi connectivity index (χ3v) is 21.8. The second kappa shape index (κ2) is 72.9. The van der Waals surface area contributed by atoms with E-state index in [1.807, 2.05) is 0 Å². The van der Waals surface area contributed by atoms with Crippen molar-refractivity contribution in [3.8, 4) is 0 Å². The minimum Gasteiger partial charge on any atom is -0.462 e. The van der Waals surface area contributed by atoms with Gasteiger partial charge < -0.3 is 33.8 Å². The van der Waals surface area contributed by atoms with Crippen molar-refractivity contribution in [3.63, 3.8) is 0 Å². The highest BCUT2D eigenvalue weighted by Crippen LogP contribution is 2.45. The highest BCUT2D eigenvalue weighted by molar-refractivity contribution is 7.47. The molecule has 6 atom stereocenters. The van der Waals surface area contributed by atoms with Gasteiger partial charge in [0.15, 0.2) is 12.2 Å². The molecule has 0 aliphatic heterocycles. The first-order valence-corrected chi connectivity index (χ1v) is 46.2. The first-order valence-electron chi connectivity index (χ1n) is 43.2. The van der Waals surface area contributed by atoms with Crippen LogP contribution in [-0.4, -0.2) is 96.7 Å². The highest BCUT2D eigenvalue weighted by atomic mass is 31.2. The van der Waals surface area contributed by atoms with Crippen LogP contribution in [0.15, 0.2) is 0 Å². The van der Waals surface area contributed by atoms with Crippen molar-refractivity contribution in [1.82, 2.24) is 0 Å². The Balaban J connectivity index is 5.24. The van der Waals surface area contributed by atoms with Crippen LogP contribution in [0.3, 0.4) is 0 Å². The average molecular weight is 1510 g/mol. The number of hydrogen-bond acceptors (Lipinski definition) is 15. The Bertz CT molecular complexity index is 2010. The minimum absolute atomic E-state index is 0.107. The van der Waals surface area contributed by atoms with Crippen molar-refractivity contribution in [1.29, 1.82) is 0 Å². The Morgan fingerprint density at radius 2 is 0.466 bits per heavy atom. The van der Waals surface area contributed by atoms with E-state index in [0.29, 0.717) is 31.6 Å². The molecule has 4 unspecified atom stereocenters. The number of esters is 4. The van der Waals surface area contributed by atoms with E-state index in [2.05, 4.69) is 55.4 Å². The van der Waals surface area contributed by atoms with E-state index in [1.165, 1.54) is 231 Å². The monoisotopic (exact) mass is 1510 g/mol. The summed E-state index contributed by atoms with van der Waals surface area (Å²) >= 11 is 0. The third kappa shape index (κ3) is 76.6. The Kier molecular flexibility index (Phi) is 71.5. The predicted molar refractivity (Wildman–Crippen MR) is 423 cm³/mol. The number of unbranched alkanes of at least 4 members (excludes halogenated alkanes) is 46. The molecule has 0 aromatic carbocycles. The Morgan fingerprint density at radius 3 is 0.689 bits per heavy atom. The maximum atomic E-state index is 13.1. The first-order chi connectivity index (χ1) is 49.6. The van der Waals surface area contributed by atoms with E-state index in [1.54, 1.807) is 0 Å². The second-order valence-electron chi connectivity index (χ2n) is 31.9. The number of carbonyl (C=O) groups excluding carboxylic acids is 4. The van der Waals surface area contributed by atoms with Gasteiger partial charge in [0, 0.05) is 25.7 Å². The number of aliphatic hydroxyl groups excluding tert-OH is 1. The number of carbonyl (C=O) groups is 4. The summed E-state index contributed by atoms with van der Waals surface area (Å²) in [7, 11) is -9.93. The van der Waals surface area contributed by atoms with Gasteiger partial charge in [0.25, 0.3) is 0 Å². The van der Waals surface area contributed by atoms with Gasteiger partial charge in [-0.1, -0.05) is 383 Å². The van der Waals surface area contributed by atoms with Gasteiger partial charge in [0.1, 0.15) is 19.3 Å². The zero-order valence-electron chi connectivity index (χ0n) is 68.0. The summed E-state index contributed by atoms with van der Waals surface area (Å²) in [6.07, 6.45) is 61.0. The van der Waals surface area contributed by atoms with E-state index in [0.717, 1.165) is 114 Å². The fourth-order valence-corrected chi connectivity index (χ4v) is 14.5. The number of ether oxygens (including phenoxy) is 4. The summed E-state index contributed by atoms with van der Waals surface area (Å²) < 4.78 is 68.8. The molecule has 0 aliphatic carbocycles. The maximum Gasteiger partial charge on any atom is 0.472 e. The van der Waals surface area contributed by atoms with Gasteiger partial charge in [-0.2, -0.15) is 0 Å². The molecule has 0 radical (unpaired) electrons. The van der Waals surface area contributed by atoms with Crippen LogP contribution in [-0.2, 0) is 65.4 Å². The van der Waals surface area contributed by atoms with Crippen LogP contribution in [0.25, 0.3) is 0 Å². The van der Waals surface area contributed by atoms with Gasteiger partial charge in [0.2, 0.25) is 0 Å². The molecule has 0 amide bonds. The number of aliphatic hydroxyl groups is 1. The van der Waals surface area contributed by atoms with Crippen LogP contribution in [0.1, 0.15) is 434 Å². The van der Waals surface area contributed by atoms with E-state index in [-0.39, 0.29) is 25.7 Å². The topological polar surface area (TPSA) is 237 Å². The molecule has 0 heterocycles. The van der Waals surface area contributed by atoms with Crippen molar-refractivity contribution >= 4 is 39.5 Å². The molecular formula is C84H164O17P2. The predicted octanol–water partition coefficient (Wildman–Crippen LogP) is 25.2. The van der Waals surface area contributed by atoms with Gasteiger partial charge in [-0.3, -0.25) is 37.3 Å². The standard InChI is InChI=1S/C84H164O17P2/c1-9-77(8)63-55-47-39-31-25-19-14-16-20-26-32-40-48-56-64-81(86)94-70-79(100-83(88)67-59-51-42-34-28-22-15-13-18-24-30-37-45-53-61-75(4)5)72-98-102(90,91)96-68-78(85)69-97-103(92,93)99-73-80(71-95-82(87)65-57-49-43-35-38-46-54-62-76(6)7)101-84(89)66-58-50-41-33-27-21-12-10-11-17-23-29-36-44-52-60-74(2)3/h74-80,85H,9-73H2,1-8H3,(H,90,91)(H,92,93)/t77?,78?,79-,80-/m1/s1. The van der Waals surface area contributed by atoms with E-state index < -0.39 is 97.5 Å². The lowest BCUT2D eigenvalue weighted by Gasteiger charge is -2.21. The van der Waals surface area contributed by atoms with Gasteiger partial charge in [0.05, 0.1) is 26.4 Å². The van der Waals surface area contributed by atoms with Crippen molar-refractivity contribution in [3.05, 3.63) is 0 Å². The van der Waals surface area contributed by atoms with E-state index >= 15 is 0 Å². The van der Waals surface area contributed by atoms with Crippen LogP contribution < -0.4 is 0 Å². The zero-order chi connectivity index (χ0) is 76.0. The molecule has 0 saturated carbocycles. The molecule has 0 spiro atoms. The first kappa shape index (κ1) is 101. The molecule has 0 fully saturated rings. The summed E-state index contributed by atoms with van der Waals surface area (Å²) in [4.78, 5) is 73.1. The minimum atomic E-state index is -4.96. The fourth-order valence-electron chi connectivity index (χ4n) is 12.9. The number of hydrogen-bond donors (Lipinski definition) is 3. The molecule has 0 aromatic heterocycles. The Hall–Kier alpha value is -1.94. The third-order valence-electron chi connectivity index (χ3n) is 19.9. The molecule has 0 saturated heterocycles. The van der Waals surface area contributed by atoms with Gasteiger partial charge in [-0.15, -0.1) is 0 Å². The summed E-state index contributed by atoms with van der Waals surface area (Å²) in [5, 5.41) is 10.7. The fraction of sp³-hybridized carbons (Fsp3) is 0.952. The molecule has 0 aromatic rings. The van der Waals surface area contributed by atoms with Gasteiger partial charge >= 0.3 is 39.5 Å². The van der Waals surface area contributed by atoms with Crippen LogP contribution in [0.4, 0.5) is 0 Å². The van der Waals surface area contributed by atoms with Crippen LogP contribution >= 0.6 is 15.6 Å². The Labute approximate surface area is 632 Å². The summed E-state index contributed by atoms with van der Waals surface area (Å²) in [5.41, 5.74) is 0. The summed E-state index contributed by atoms with van der Waals surface area (Å²) in [5.74, 6) is 1.04. The van der Waals surface area contributed by atoms with Crippen molar-refractivity contribution in [2.75, 3.05) is 39.6 Å². The molecule has 0 bridgehead atoms. The largest absolute Gasteiger partial charge is 0.472 e. The molecule has 612 valence electrons. The highest BCUT2D eigenvalue weighted by Gasteiger charge is 2.30. The van der Waals surface area contributed by atoms with Crippen LogP contribution in [0.5, 0.6) is 0 Å². The maximum absolute atomic E-state index is 13.1. The normalized spacial score (nSPS) is 14.2. The molecule has 103 heavy (non-hydrogen) atoms. The van der Waals surface area contributed by atoms with Crippen LogP contribution in [0.2, 0.25) is 0 Å². The quantitative estimate of drug-likeness (QED) is 0.0222. The average Bonchev–Trinajstić information content (AvgIpc) is 0.914. The van der Waals surface area contributed by atoms with E-state index in [9.17, 15) is 43.2 Å². The zero-order valence-corrected chi connectivity index (χ0v) is 69.7. The molecule has 19 heteroatoms. The second-order valence-corrected chi connectivity index (χ2v) is 34.8. The Morgan fingerprint density at radius 1 is 0.272 bits per heavy atom. The van der Waals surface area contributed by atoms with Crippen molar-refractivity contribution in [2.24, 2.45) is 23.7 Å². The lowest BCUT2D eigenvalue weighted by Crippen LogP contribution is -2.30. The SMILES string of the molecule is CCC(C)CCCCCCCCCCCCCCCCC(=O)OC[C@H](COP(=O)(O)OCC(O)COP(=O)(O)OC[C@@H](COC(=O)CCCCCCCCCC(C)C)OC(=O)CCCCCCCCCCCCCCCCCC(C)C)OC(=O)CCCCCCCCCCCCCCCCC(C)C. The van der Waals surface area contributed by atoms with E-state index in [4.69, 9.17) is 37.0 Å². The van der Waals surface area contributed by atoms with Crippen LogP contribution in [0, 0.1) is 23.7 Å². The van der Waals surface area contributed by atoms with Crippen molar-refractivity contribution < 1.29 is 80.2 Å². The smallest absolute Gasteiger partial charge is 0.462 e. The summed E-state index contributed by atoms with van der Waals surface area (Å²) in [6, 6.07) is 0. The van der Waals surface area contributed by atoms with Crippen molar-refractivity contribution in [2.45, 2.75) is 453 Å². The lowest BCUT2D eigenvalue weighted by atomic mass is 9.99. The molecule has 3 N–H and O–H groups in total. The number of phosphoric ester groups is 2. The lowest BCUT2D eigenvalue weighted by molar-refractivity contribution is -0.161. The number of phosphoric acid groups is 2. The van der Waals surface area contributed by atoms with Gasteiger partial charge in [-0.05, 0) is 49.4 Å². The van der Waals surface area contributed by atoms with Gasteiger partial charge in [-0.25, -0.2) is 9.13 Å². The summed E-state index contributed by atoms with van der Waals surface area (Å²) in [6.45, 7) is 14.3. The molecule has 0 aliphatic rings. The molecule has 17 nitrogen and oxygen atoms in total. The molecule has 0 rings (SSSR count).